The minimum absolute atomic E-state index is 0.555. The van der Waals surface area contributed by atoms with Crippen LogP contribution in [0.15, 0.2) is 22.9 Å². The topological polar surface area (TPSA) is 67.1 Å². The average molecular weight is 315 g/mol. The van der Waals surface area contributed by atoms with Crippen molar-refractivity contribution in [1.82, 2.24) is 20.5 Å². The van der Waals surface area contributed by atoms with E-state index < -0.39 is 0 Å². The maximum absolute atomic E-state index is 5.50. The fourth-order valence-electron chi connectivity index (χ4n) is 3.36. The lowest BCUT2D eigenvalue weighted by molar-refractivity contribution is 0.409. The van der Waals surface area contributed by atoms with Gasteiger partial charge in [-0.2, -0.15) is 0 Å². The third-order valence-corrected chi connectivity index (χ3v) is 4.51. The van der Waals surface area contributed by atoms with Crippen LogP contribution in [-0.2, 0) is 13.0 Å². The summed E-state index contributed by atoms with van der Waals surface area (Å²) in [5.74, 6) is 2.06. The van der Waals surface area contributed by atoms with E-state index in [1.54, 1.807) is 0 Å². The van der Waals surface area contributed by atoms with Crippen LogP contribution in [-0.4, -0.2) is 35.3 Å². The standard InChI is InChI=1S/C17H25N5O/c1-12-20-21-17(23-12)9-13-4-5-15(8-13)19-11-14-10-18-7-6-16(14)22(2)3/h6-7,10,13,15,19H,4-5,8-9,11H2,1-3H3/t13-,15+/m1/s1. The highest BCUT2D eigenvalue weighted by atomic mass is 16.4. The van der Waals surface area contributed by atoms with Crippen molar-refractivity contribution in [3.63, 3.8) is 0 Å². The fourth-order valence-corrected chi connectivity index (χ4v) is 3.36. The summed E-state index contributed by atoms with van der Waals surface area (Å²) in [5.41, 5.74) is 2.47. The average Bonchev–Trinajstić information content (AvgIpc) is 3.15. The first kappa shape index (κ1) is 15.9. The van der Waals surface area contributed by atoms with Gasteiger partial charge in [0.05, 0.1) is 0 Å². The van der Waals surface area contributed by atoms with Gasteiger partial charge in [0, 0.05) is 63.7 Å². The third-order valence-electron chi connectivity index (χ3n) is 4.51. The van der Waals surface area contributed by atoms with Crippen LogP contribution in [0.3, 0.4) is 0 Å². The summed E-state index contributed by atoms with van der Waals surface area (Å²) < 4.78 is 5.50. The minimum Gasteiger partial charge on any atom is -0.426 e. The first-order valence-electron chi connectivity index (χ1n) is 8.24. The third kappa shape index (κ3) is 4.07. The second-order valence-corrected chi connectivity index (χ2v) is 6.57. The van der Waals surface area contributed by atoms with Crippen molar-refractivity contribution in [2.75, 3.05) is 19.0 Å². The van der Waals surface area contributed by atoms with Crippen molar-refractivity contribution in [3.05, 3.63) is 35.8 Å². The van der Waals surface area contributed by atoms with Crippen molar-refractivity contribution in [1.29, 1.82) is 0 Å². The molecule has 1 saturated carbocycles. The van der Waals surface area contributed by atoms with E-state index in [0.717, 1.165) is 18.9 Å². The lowest BCUT2D eigenvalue weighted by Gasteiger charge is -2.19. The molecule has 0 amide bonds. The first-order chi connectivity index (χ1) is 11.1. The van der Waals surface area contributed by atoms with Gasteiger partial charge in [-0.1, -0.05) is 0 Å². The van der Waals surface area contributed by atoms with E-state index in [4.69, 9.17) is 4.42 Å². The predicted octanol–water partition coefficient (Wildman–Crippen LogP) is 2.34. The summed E-state index contributed by atoms with van der Waals surface area (Å²) in [5, 5.41) is 11.7. The Bertz CT molecular complexity index is 639. The van der Waals surface area contributed by atoms with Gasteiger partial charge in [-0.05, 0) is 31.2 Å². The smallest absolute Gasteiger partial charge is 0.216 e. The predicted molar refractivity (Wildman–Crippen MR) is 89.3 cm³/mol. The van der Waals surface area contributed by atoms with Crippen LogP contribution in [0.4, 0.5) is 5.69 Å². The van der Waals surface area contributed by atoms with E-state index in [2.05, 4.69) is 45.6 Å². The number of nitrogens with zero attached hydrogens (tertiary/aromatic N) is 4. The summed E-state index contributed by atoms with van der Waals surface area (Å²) >= 11 is 0. The second-order valence-electron chi connectivity index (χ2n) is 6.57. The van der Waals surface area contributed by atoms with E-state index in [-0.39, 0.29) is 0 Å². The number of pyridine rings is 1. The molecule has 1 N–H and O–H groups in total. The molecule has 0 saturated heterocycles. The Morgan fingerprint density at radius 2 is 2.17 bits per heavy atom. The molecular weight excluding hydrogens is 290 g/mol. The van der Waals surface area contributed by atoms with E-state index in [0.29, 0.717) is 17.9 Å². The van der Waals surface area contributed by atoms with Gasteiger partial charge in [-0.3, -0.25) is 4.98 Å². The number of rotatable bonds is 6. The number of nitrogens with one attached hydrogen (secondary N) is 1. The number of aromatic nitrogens is 3. The lowest BCUT2D eigenvalue weighted by atomic mass is 10.0. The maximum atomic E-state index is 5.50. The van der Waals surface area contributed by atoms with E-state index in [9.17, 15) is 0 Å². The zero-order valence-electron chi connectivity index (χ0n) is 14.1. The molecule has 1 aliphatic carbocycles. The van der Waals surface area contributed by atoms with Crippen molar-refractivity contribution in [3.8, 4) is 0 Å². The van der Waals surface area contributed by atoms with Crippen molar-refractivity contribution >= 4 is 5.69 Å². The van der Waals surface area contributed by atoms with Gasteiger partial charge in [0.2, 0.25) is 11.8 Å². The van der Waals surface area contributed by atoms with Crippen molar-refractivity contribution < 1.29 is 4.42 Å². The van der Waals surface area contributed by atoms with Crippen LogP contribution in [0.5, 0.6) is 0 Å². The molecule has 6 nitrogen and oxygen atoms in total. The zero-order chi connectivity index (χ0) is 16.2. The molecule has 1 fully saturated rings. The molecule has 2 atom stereocenters. The summed E-state index contributed by atoms with van der Waals surface area (Å²) in [6.45, 7) is 2.70. The molecule has 2 aromatic rings. The Morgan fingerprint density at radius 3 is 2.91 bits per heavy atom. The summed E-state index contributed by atoms with van der Waals surface area (Å²) in [6.07, 6.45) is 8.28. The highest BCUT2D eigenvalue weighted by Crippen LogP contribution is 2.29. The Kier molecular flexibility index (Phi) is 4.91. The Morgan fingerprint density at radius 1 is 1.30 bits per heavy atom. The van der Waals surface area contributed by atoms with Crippen LogP contribution in [0.2, 0.25) is 0 Å². The van der Waals surface area contributed by atoms with Crippen LogP contribution in [0, 0.1) is 12.8 Å². The molecule has 0 radical (unpaired) electrons. The Hall–Kier alpha value is -1.95. The highest BCUT2D eigenvalue weighted by Gasteiger charge is 2.26. The Balaban J connectivity index is 1.51. The monoisotopic (exact) mass is 315 g/mol. The normalized spacial score (nSPS) is 20.8. The maximum Gasteiger partial charge on any atom is 0.216 e. The first-order valence-corrected chi connectivity index (χ1v) is 8.24. The number of anilines is 1. The number of hydrogen-bond acceptors (Lipinski definition) is 6. The largest absolute Gasteiger partial charge is 0.426 e. The number of aryl methyl sites for hydroxylation is 1. The fraction of sp³-hybridized carbons (Fsp3) is 0.588. The molecule has 1 aliphatic rings. The van der Waals surface area contributed by atoms with Gasteiger partial charge in [-0.25, -0.2) is 0 Å². The van der Waals surface area contributed by atoms with Crippen LogP contribution < -0.4 is 10.2 Å². The highest BCUT2D eigenvalue weighted by molar-refractivity contribution is 5.50. The summed E-state index contributed by atoms with van der Waals surface area (Å²) in [6, 6.07) is 2.62. The molecular formula is C17H25N5O. The van der Waals surface area contributed by atoms with Gasteiger partial charge in [0.25, 0.3) is 0 Å². The van der Waals surface area contributed by atoms with Gasteiger partial charge in [0.1, 0.15) is 0 Å². The van der Waals surface area contributed by atoms with Gasteiger partial charge >= 0.3 is 0 Å². The van der Waals surface area contributed by atoms with Crippen molar-refractivity contribution in [2.45, 2.75) is 45.2 Å². The lowest BCUT2D eigenvalue weighted by Crippen LogP contribution is -2.27. The molecule has 0 bridgehead atoms. The molecule has 0 aromatic carbocycles. The second kappa shape index (κ2) is 7.08. The molecule has 0 unspecified atom stereocenters. The van der Waals surface area contributed by atoms with Gasteiger partial charge < -0.3 is 14.6 Å². The molecule has 23 heavy (non-hydrogen) atoms. The molecule has 2 heterocycles. The molecule has 0 aliphatic heterocycles. The van der Waals surface area contributed by atoms with Crippen LogP contribution >= 0.6 is 0 Å². The molecule has 6 heteroatoms. The molecule has 2 aromatic heterocycles. The van der Waals surface area contributed by atoms with Gasteiger partial charge in [-0.15, -0.1) is 10.2 Å². The summed E-state index contributed by atoms with van der Waals surface area (Å²) in [4.78, 5) is 6.38. The molecule has 3 rings (SSSR count). The number of hydrogen-bond donors (Lipinski definition) is 1. The van der Waals surface area contributed by atoms with E-state index in [1.165, 1.54) is 30.5 Å². The quantitative estimate of drug-likeness (QED) is 0.882. The SMILES string of the molecule is Cc1nnc(C[C@@H]2CC[C@H](NCc3cnccc3N(C)C)C2)o1. The van der Waals surface area contributed by atoms with E-state index in [1.807, 2.05) is 19.3 Å². The molecule has 0 spiro atoms. The minimum atomic E-state index is 0.555. The summed E-state index contributed by atoms with van der Waals surface area (Å²) in [7, 11) is 4.13. The zero-order valence-corrected chi connectivity index (χ0v) is 14.1. The van der Waals surface area contributed by atoms with Gasteiger partial charge in [0.15, 0.2) is 0 Å². The van der Waals surface area contributed by atoms with Crippen LogP contribution in [0.1, 0.15) is 36.6 Å². The van der Waals surface area contributed by atoms with Crippen LogP contribution in [0.25, 0.3) is 0 Å². The Labute approximate surface area is 137 Å². The van der Waals surface area contributed by atoms with E-state index >= 15 is 0 Å². The van der Waals surface area contributed by atoms with Crippen molar-refractivity contribution in [2.24, 2.45) is 5.92 Å². The molecule has 124 valence electrons.